The summed E-state index contributed by atoms with van der Waals surface area (Å²) in [5.41, 5.74) is 0.989. The highest BCUT2D eigenvalue weighted by atomic mass is 16.4. The van der Waals surface area contributed by atoms with Gasteiger partial charge < -0.3 is 20.8 Å². The average molecular weight is 308 g/mol. The molecule has 6 heteroatoms. The Morgan fingerprint density at radius 2 is 1.82 bits per heavy atom. The Kier molecular flexibility index (Phi) is 7.99. The normalized spacial score (nSPS) is 13.2. The van der Waals surface area contributed by atoms with Crippen molar-refractivity contribution in [1.82, 2.24) is 10.6 Å². The van der Waals surface area contributed by atoms with Crippen molar-refractivity contribution in [2.45, 2.75) is 44.8 Å². The van der Waals surface area contributed by atoms with E-state index in [0.29, 0.717) is 25.8 Å². The highest BCUT2D eigenvalue weighted by Gasteiger charge is 2.17. The van der Waals surface area contributed by atoms with Crippen LogP contribution < -0.4 is 10.6 Å². The number of carboxylic acid groups (broad SMARTS) is 1. The second-order valence-electron chi connectivity index (χ2n) is 5.24. The lowest BCUT2D eigenvalue weighted by Crippen LogP contribution is -2.36. The summed E-state index contributed by atoms with van der Waals surface area (Å²) in [5, 5.41) is 23.3. The molecule has 0 radical (unpaired) electrons. The van der Waals surface area contributed by atoms with E-state index in [4.69, 9.17) is 5.11 Å². The number of hydrogen-bond donors (Lipinski definition) is 4. The number of rotatable bonds is 9. The summed E-state index contributed by atoms with van der Waals surface area (Å²) in [6, 6.07) is 9.41. The number of carbonyl (C=O) groups is 2. The Hall–Kier alpha value is -2.08. The number of aliphatic hydroxyl groups is 1. The quantitative estimate of drug-likeness (QED) is 0.525. The third-order valence-electron chi connectivity index (χ3n) is 3.39. The molecule has 0 heterocycles. The van der Waals surface area contributed by atoms with Crippen molar-refractivity contribution in [3.63, 3.8) is 0 Å². The van der Waals surface area contributed by atoms with Crippen molar-refractivity contribution in [2.24, 2.45) is 0 Å². The van der Waals surface area contributed by atoms with Crippen LogP contribution in [0.2, 0.25) is 0 Å². The number of unbranched alkanes of at least 4 members (excludes halogenated alkanes) is 2. The Bertz CT molecular complexity index is 464. The minimum Gasteiger partial charge on any atom is -0.465 e. The molecule has 0 saturated heterocycles. The zero-order valence-electron chi connectivity index (χ0n) is 12.8. The Labute approximate surface area is 130 Å². The van der Waals surface area contributed by atoms with Gasteiger partial charge in [0.1, 0.15) is 6.10 Å². The van der Waals surface area contributed by atoms with Gasteiger partial charge in [-0.05, 0) is 25.3 Å². The summed E-state index contributed by atoms with van der Waals surface area (Å²) in [4.78, 5) is 22.1. The van der Waals surface area contributed by atoms with Gasteiger partial charge in [-0.1, -0.05) is 43.2 Å². The van der Waals surface area contributed by atoms with E-state index in [0.717, 1.165) is 12.0 Å². The number of hydrogen-bond acceptors (Lipinski definition) is 3. The number of carbonyl (C=O) groups excluding carboxylic acids is 1. The molecule has 2 amide bonds. The van der Waals surface area contributed by atoms with Gasteiger partial charge >= 0.3 is 6.09 Å². The van der Waals surface area contributed by atoms with Crippen molar-refractivity contribution in [2.75, 3.05) is 6.54 Å². The van der Waals surface area contributed by atoms with Crippen LogP contribution in [0.15, 0.2) is 30.3 Å². The van der Waals surface area contributed by atoms with Crippen LogP contribution in [0, 0.1) is 0 Å². The van der Waals surface area contributed by atoms with Gasteiger partial charge in [-0.15, -0.1) is 0 Å². The standard InChI is InChI=1S/C16H24N2O4/c1-12(13-8-4-2-5-9-13)18-15(20)14(19)10-6-3-7-11-17-16(21)22/h2,4-5,8-9,12,14,17,19H,3,6-7,10-11H2,1H3,(H,18,20)(H,21,22)/t12-,14?/m1/s1. The van der Waals surface area contributed by atoms with E-state index in [-0.39, 0.29) is 11.9 Å². The molecule has 0 fully saturated rings. The molecule has 0 aromatic heterocycles. The molecule has 1 unspecified atom stereocenters. The van der Waals surface area contributed by atoms with Crippen molar-refractivity contribution in [3.05, 3.63) is 35.9 Å². The Morgan fingerprint density at radius 1 is 1.14 bits per heavy atom. The van der Waals surface area contributed by atoms with Gasteiger partial charge in [-0.3, -0.25) is 4.79 Å². The molecule has 1 aromatic carbocycles. The largest absolute Gasteiger partial charge is 0.465 e. The van der Waals surface area contributed by atoms with E-state index in [1.165, 1.54) is 0 Å². The molecule has 0 bridgehead atoms. The highest BCUT2D eigenvalue weighted by molar-refractivity contribution is 5.80. The van der Waals surface area contributed by atoms with Crippen LogP contribution in [0.4, 0.5) is 4.79 Å². The molecule has 0 aliphatic heterocycles. The summed E-state index contributed by atoms with van der Waals surface area (Å²) in [5.74, 6) is -0.375. The predicted molar refractivity (Wildman–Crippen MR) is 83.5 cm³/mol. The van der Waals surface area contributed by atoms with Gasteiger partial charge in [-0.25, -0.2) is 4.79 Å². The second-order valence-corrected chi connectivity index (χ2v) is 5.24. The first-order chi connectivity index (χ1) is 10.5. The Balaban J connectivity index is 2.20. The third kappa shape index (κ3) is 7.08. The summed E-state index contributed by atoms with van der Waals surface area (Å²) in [6.07, 6.45) is 0.448. The Morgan fingerprint density at radius 3 is 2.45 bits per heavy atom. The van der Waals surface area contributed by atoms with Crippen molar-refractivity contribution in [3.8, 4) is 0 Å². The van der Waals surface area contributed by atoms with E-state index in [1.54, 1.807) is 0 Å². The van der Waals surface area contributed by atoms with Crippen LogP contribution in [0.5, 0.6) is 0 Å². The van der Waals surface area contributed by atoms with Gasteiger partial charge in [0.25, 0.3) is 0 Å². The first-order valence-electron chi connectivity index (χ1n) is 7.51. The van der Waals surface area contributed by atoms with E-state index in [1.807, 2.05) is 37.3 Å². The van der Waals surface area contributed by atoms with Crippen LogP contribution in [0.1, 0.15) is 44.2 Å². The zero-order valence-corrected chi connectivity index (χ0v) is 12.8. The third-order valence-corrected chi connectivity index (χ3v) is 3.39. The van der Waals surface area contributed by atoms with E-state index < -0.39 is 12.2 Å². The fraction of sp³-hybridized carbons (Fsp3) is 0.500. The van der Waals surface area contributed by atoms with Gasteiger partial charge in [0.05, 0.1) is 6.04 Å². The van der Waals surface area contributed by atoms with E-state index in [2.05, 4.69) is 10.6 Å². The molecule has 0 aliphatic carbocycles. The molecule has 1 aromatic rings. The first kappa shape index (κ1) is 18.0. The van der Waals surface area contributed by atoms with Crippen molar-refractivity contribution < 1.29 is 19.8 Å². The highest BCUT2D eigenvalue weighted by Crippen LogP contribution is 2.12. The maximum atomic E-state index is 11.9. The fourth-order valence-corrected chi connectivity index (χ4v) is 2.10. The maximum absolute atomic E-state index is 11.9. The lowest BCUT2D eigenvalue weighted by atomic mass is 10.1. The number of amides is 2. The van der Waals surface area contributed by atoms with Gasteiger partial charge in [0.15, 0.2) is 0 Å². The summed E-state index contributed by atoms with van der Waals surface area (Å²) >= 11 is 0. The molecule has 2 atom stereocenters. The molecule has 0 spiro atoms. The summed E-state index contributed by atoms with van der Waals surface area (Å²) in [6.45, 7) is 2.26. The number of aliphatic hydroxyl groups excluding tert-OH is 1. The molecule has 122 valence electrons. The second kappa shape index (κ2) is 9.78. The van der Waals surface area contributed by atoms with Crippen molar-refractivity contribution in [1.29, 1.82) is 0 Å². The van der Waals surface area contributed by atoms with Gasteiger partial charge in [-0.2, -0.15) is 0 Å². The topological polar surface area (TPSA) is 98.7 Å². The smallest absolute Gasteiger partial charge is 0.404 e. The molecule has 1 rings (SSSR count). The molecular formula is C16H24N2O4. The van der Waals surface area contributed by atoms with E-state index >= 15 is 0 Å². The lowest BCUT2D eigenvalue weighted by molar-refractivity contribution is -0.130. The maximum Gasteiger partial charge on any atom is 0.404 e. The molecule has 22 heavy (non-hydrogen) atoms. The first-order valence-corrected chi connectivity index (χ1v) is 7.51. The van der Waals surface area contributed by atoms with Gasteiger partial charge in [0, 0.05) is 6.54 Å². The van der Waals surface area contributed by atoms with Gasteiger partial charge in [0.2, 0.25) is 5.91 Å². The average Bonchev–Trinajstić information content (AvgIpc) is 2.50. The molecule has 4 N–H and O–H groups in total. The zero-order chi connectivity index (χ0) is 16.4. The minimum absolute atomic E-state index is 0.150. The number of nitrogens with one attached hydrogen (secondary N) is 2. The molecule has 6 nitrogen and oxygen atoms in total. The molecule has 0 saturated carbocycles. The van der Waals surface area contributed by atoms with Crippen LogP contribution in [-0.4, -0.2) is 34.9 Å². The SMILES string of the molecule is C[C@@H](NC(=O)C(O)CCCCCNC(=O)O)c1ccccc1. The van der Waals surface area contributed by atoms with Crippen LogP contribution >= 0.6 is 0 Å². The minimum atomic E-state index is -1.03. The van der Waals surface area contributed by atoms with Crippen LogP contribution in [-0.2, 0) is 4.79 Å². The van der Waals surface area contributed by atoms with Crippen LogP contribution in [0.25, 0.3) is 0 Å². The van der Waals surface area contributed by atoms with E-state index in [9.17, 15) is 14.7 Å². The molecular weight excluding hydrogens is 284 g/mol. The van der Waals surface area contributed by atoms with Crippen LogP contribution in [0.3, 0.4) is 0 Å². The summed E-state index contributed by atoms with van der Waals surface area (Å²) in [7, 11) is 0. The monoisotopic (exact) mass is 308 g/mol. The predicted octanol–water partition coefficient (Wildman–Crippen LogP) is 2.05. The lowest BCUT2D eigenvalue weighted by Gasteiger charge is -2.17. The fourth-order valence-electron chi connectivity index (χ4n) is 2.10. The number of benzene rings is 1. The summed E-state index contributed by atoms with van der Waals surface area (Å²) < 4.78 is 0. The van der Waals surface area contributed by atoms with Crippen molar-refractivity contribution >= 4 is 12.0 Å². The molecule has 0 aliphatic rings.